The smallest absolute Gasteiger partial charge is 0.258 e. The van der Waals surface area contributed by atoms with Crippen molar-refractivity contribution in [2.24, 2.45) is 0 Å². The number of nitrogens with zero attached hydrogens (tertiary/aromatic N) is 1. The Hall–Kier alpha value is -2.89. The number of carbonyl (C=O) groups excluding carboxylic acids is 1. The highest BCUT2D eigenvalue weighted by atomic mass is 19.2. The zero-order valence-electron chi connectivity index (χ0n) is 12.0. The van der Waals surface area contributed by atoms with Gasteiger partial charge in [-0.15, -0.1) is 0 Å². The maximum Gasteiger partial charge on any atom is 0.258 e. The molecule has 0 aliphatic rings. The van der Waals surface area contributed by atoms with Crippen molar-refractivity contribution >= 4 is 22.5 Å². The summed E-state index contributed by atoms with van der Waals surface area (Å²) in [5.41, 5.74) is 1.07. The van der Waals surface area contributed by atoms with Crippen LogP contribution in [0.2, 0.25) is 0 Å². The van der Waals surface area contributed by atoms with Crippen LogP contribution in [0, 0.1) is 24.4 Å². The summed E-state index contributed by atoms with van der Waals surface area (Å²) in [7, 11) is 0. The minimum Gasteiger partial charge on any atom is -0.320 e. The molecule has 1 amide bonds. The Kier molecular flexibility index (Phi) is 3.73. The Balaban J connectivity index is 2.01. The van der Waals surface area contributed by atoms with Crippen LogP contribution in [0.1, 0.15) is 16.1 Å². The number of benzene rings is 2. The number of para-hydroxylation sites is 1. The summed E-state index contributed by atoms with van der Waals surface area (Å²) in [6, 6.07) is 10.4. The molecule has 1 N–H and O–H groups in total. The molecule has 3 aromatic rings. The lowest BCUT2D eigenvalue weighted by Gasteiger charge is -2.09. The molecule has 3 nitrogen and oxygen atoms in total. The van der Waals surface area contributed by atoms with Gasteiger partial charge in [0.25, 0.3) is 5.91 Å². The van der Waals surface area contributed by atoms with Crippen molar-refractivity contribution in [3.63, 3.8) is 0 Å². The summed E-state index contributed by atoms with van der Waals surface area (Å²) in [4.78, 5) is 16.5. The predicted molar refractivity (Wildman–Crippen MR) is 80.7 cm³/mol. The Morgan fingerprint density at radius 2 is 1.78 bits per heavy atom. The molecule has 0 bridgehead atoms. The van der Waals surface area contributed by atoms with Gasteiger partial charge in [-0.3, -0.25) is 9.78 Å². The number of anilines is 1. The molecule has 6 heteroatoms. The van der Waals surface area contributed by atoms with E-state index in [0.717, 1.165) is 17.1 Å². The van der Waals surface area contributed by atoms with E-state index in [4.69, 9.17) is 0 Å². The van der Waals surface area contributed by atoms with Crippen molar-refractivity contribution < 1.29 is 18.0 Å². The van der Waals surface area contributed by atoms with Gasteiger partial charge >= 0.3 is 0 Å². The zero-order valence-corrected chi connectivity index (χ0v) is 12.0. The maximum atomic E-state index is 13.7. The Morgan fingerprint density at radius 3 is 2.57 bits per heavy atom. The molecule has 116 valence electrons. The Labute approximate surface area is 129 Å². The van der Waals surface area contributed by atoms with Crippen LogP contribution in [-0.2, 0) is 0 Å². The first kappa shape index (κ1) is 15.0. The molecule has 1 heterocycles. The fraction of sp³-hybridized carbons (Fsp3) is 0.0588. The molecule has 0 spiro atoms. The summed E-state index contributed by atoms with van der Waals surface area (Å²) in [5, 5.41) is 3.28. The number of hydrogen-bond acceptors (Lipinski definition) is 2. The molecule has 0 radical (unpaired) electrons. The van der Waals surface area contributed by atoms with E-state index in [1.54, 1.807) is 19.1 Å². The normalized spacial score (nSPS) is 10.8. The van der Waals surface area contributed by atoms with E-state index in [2.05, 4.69) is 10.3 Å². The predicted octanol–water partition coefficient (Wildman–Crippen LogP) is 4.21. The van der Waals surface area contributed by atoms with Crippen LogP contribution in [0.25, 0.3) is 10.9 Å². The van der Waals surface area contributed by atoms with E-state index in [-0.39, 0.29) is 0 Å². The van der Waals surface area contributed by atoms with Gasteiger partial charge in [0.15, 0.2) is 17.5 Å². The summed E-state index contributed by atoms with van der Waals surface area (Å²) in [5.74, 6) is -5.42. The van der Waals surface area contributed by atoms with Crippen LogP contribution < -0.4 is 5.32 Å². The van der Waals surface area contributed by atoms with Gasteiger partial charge in [0.05, 0.1) is 16.8 Å². The lowest BCUT2D eigenvalue weighted by atomic mass is 10.1. The SMILES string of the molecule is Cc1ccc2cccc(NC(=O)c3ccc(F)c(F)c3F)c2n1. The zero-order chi connectivity index (χ0) is 16.6. The third-order valence-corrected chi connectivity index (χ3v) is 3.39. The standard InChI is InChI=1S/C17H11F3N2O/c1-9-5-6-10-3-2-4-13(16(10)21-9)22-17(23)11-7-8-12(18)15(20)14(11)19/h2-8H,1H3,(H,22,23). The summed E-state index contributed by atoms with van der Waals surface area (Å²) >= 11 is 0. The molecule has 0 atom stereocenters. The second-order valence-electron chi connectivity index (χ2n) is 5.01. The van der Waals surface area contributed by atoms with Crippen LogP contribution in [0.4, 0.5) is 18.9 Å². The number of amides is 1. The van der Waals surface area contributed by atoms with E-state index in [0.29, 0.717) is 17.3 Å². The van der Waals surface area contributed by atoms with Crippen LogP contribution in [0.15, 0.2) is 42.5 Å². The van der Waals surface area contributed by atoms with Gasteiger partial charge in [0.2, 0.25) is 0 Å². The molecule has 0 saturated carbocycles. The van der Waals surface area contributed by atoms with Crippen molar-refractivity contribution in [2.75, 3.05) is 5.32 Å². The van der Waals surface area contributed by atoms with Crippen LogP contribution in [0.5, 0.6) is 0 Å². The highest BCUT2D eigenvalue weighted by Crippen LogP contribution is 2.23. The fourth-order valence-electron chi connectivity index (χ4n) is 2.24. The Morgan fingerprint density at radius 1 is 1.00 bits per heavy atom. The molecular weight excluding hydrogens is 305 g/mol. The van der Waals surface area contributed by atoms with Gasteiger partial charge in [-0.1, -0.05) is 18.2 Å². The average Bonchev–Trinajstić information content (AvgIpc) is 2.53. The molecule has 0 fully saturated rings. The highest BCUT2D eigenvalue weighted by Gasteiger charge is 2.19. The third-order valence-electron chi connectivity index (χ3n) is 3.39. The lowest BCUT2D eigenvalue weighted by molar-refractivity contribution is 0.102. The number of nitrogens with one attached hydrogen (secondary N) is 1. The molecule has 0 aliphatic heterocycles. The quantitative estimate of drug-likeness (QED) is 0.720. The molecule has 23 heavy (non-hydrogen) atoms. The molecule has 0 unspecified atom stereocenters. The number of halogens is 3. The number of aromatic nitrogens is 1. The molecule has 0 aliphatic carbocycles. The number of aryl methyl sites for hydroxylation is 1. The van der Waals surface area contributed by atoms with E-state index in [9.17, 15) is 18.0 Å². The van der Waals surface area contributed by atoms with Crippen LogP contribution in [-0.4, -0.2) is 10.9 Å². The lowest BCUT2D eigenvalue weighted by Crippen LogP contribution is -2.15. The number of fused-ring (bicyclic) bond motifs is 1. The number of rotatable bonds is 2. The summed E-state index contributed by atoms with van der Waals surface area (Å²) < 4.78 is 39.9. The minimum atomic E-state index is -1.68. The topological polar surface area (TPSA) is 42.0 Å². The highest BCUT2D eigenvalue weighted by molar-refractivity contribution is 6.08. The van der Waals surface area contributed by atoms with Gasteiger partial charge in [-0.2, -0.15) is 0 Å². The van der Waals surface area contributed by atoms with Gasteiger partial charge in [0.1, 0.15) is 0 Å². The first-order chi connectivity index (χ1) is 11.0. The first-order valence-electron chi connectivity index (χ1n) is 6.78. The van der Waals surface area contributed by atoms with Gasteiger partial charge in [0, 0.05) is 11.1 Å². The summed E-state index contributed by atoms with van der Waals surface area (Å²) in [6.07, 6.45) is 0. The average molecular weight is 316 g/mol. The number of hydrogen-bond donors (Lipinski definition) is 1. The second kappa shape index (κ2) is 5.72. The van der Waals surface area contributed by atoms with Crippen molar-refractivity contribution in [2.45, 2.75) is 6.92 Å². The van der Waals surface area contributed by atoms with Gasteiger partial charge in [-0.05, 0) is 31.2 Å². The molecule has 1 aromatic heterocycles. The van der Waals surface area contributed by atoms with E-state index in [1.165, 1.54) is 0 Å². The first-order valence-corrected chi connectivity index (χ1v) is 6.78. The fourth-order valence-corrected chi connectivity index (χ4v) is 2.24. The largest absolute Gasteiger partial charge is 0.320 e. The van der Waals surface area contributed by atoms with E-state index < -0.39 is 28.9 Å². The van der Waals surface area contributed by atoms with Gasteiger partial charge in [-0.25, -0.2) is 13.2 Å². The number of carbonyl (C=O) groups is 1. The molecular formula is C17H11F3N2O. The van der Waals surface area contributed by atoms with Crippen molar-refractivity contribution in [3.05, 3.63) is 71.2 Å². The monoisotopic (exact) mass is 316 g/mol. The van der Waals surface area contributed by atoms with E-state index >= 15 is 0 Å². The molecule has 3 rings (SSSR count). The maximum absolute atomic E-state index is 13.7. The Bertz CT molecular complexity index is 925. The van der Waals surface area contributed by atoms with Crippen LogP contribution >= 0.6 is 0 Å². The summed E-state index contributed by atoms with van der Waals surface area (Å²) in [6.45, 7) is 1.80. The van der Waals surface area contributed by atoms with Crippen molar-refractivity contribution in [1.29, 1.82) is 0 Å². The van der Waals surface area contributed by atoms with Crippen molar-refractivity contribution in [1.82, 2.24) is 4.98 Å². The van der Waals surface area contributed by atoms with Gasteiger partial charge < -0.3 is 5.32 Å². The van der Waals surface area contributed by atoms with Crippen molar-refractivity contribution in [3.8, 4) is 0 Å². The molecule has 0 saturated heterocycles. The second-order valence-corrected chi connectivity index (χ2v) is 5.01. The minimum absolute atomic E-state index is 0.361. The molecule has 2 aromatic carbocycles. The van der Waals surface area contributed by atoms with Crippen LogP contribution in [0.3, 0.4) is 0 Å². The number of pyridine rings is 1. The third kappa shape index (κ3) is 2.75. The van der Waals surface area contributed by atoms with E-state index in [1.807, 2.05) is 18.2 Å².